The Morgan fingerprint density at radius 2 is 2.18 bits per heavy atom. The largest absolute Gasteiger partial charge is 0.481 e. The molecule has 2 rings (SSSR count). The van der Waals surface area contributed by atoms with Crippen molar-refractivity contribution >= 4 is 23.1 Å². The normalized spacial score (nSPS) is 10.2. The highest BCUT2D eigenvalue weighted by Gasteiger charge is 2.09. The van der Waals surface area contributed by atoms with Gasteiger partial charge in [0.25, 0.3) is 0 Å². The first-order valence-corrected chi connectivity index (χ1v) is 5.71. The van der Waals surface area contributed by atoms with E-state index in [1.54, 1.807) is 12.1 Å². The van der Waals surface area contributed by atoms with Crippen LogP contribution in [0.2, 0.25) is 0 Å². The van der Waals surface area contributed by atoms with Gasteiger partial charge >= 0.3 is 0 Å². The summed E-state index contributed by atoms with van der Waals surface area (Å²) in [4.78, 5) is 20.8. The zero-order chi connectivity index (χ0) is 12.4. The molecule has 17 heavy (non-hydrogen) atoms. The number of thiophene rings is 1. The second-order valence-corrected chi connectivity index (χ2v) is 4.46. The molecular formula is C11H11N3O2S. The van der Waals surface area contributed by atoms with Gasteiger partial charge < -0.3 is 10.5 Å². The fourth-order valence-electron chi connectivity index (χ4n) is 1.34. The summed E-state index contributed by atoms with van der Waals surface area (Å²) in [5.74, 6) is 0.595. The molecule has 0 unspecified atom stereocenters. The van der Waals surface area contributed by atoms with Crippen LogP contribution in [-0.4, -0.2) is 22.9 Å². The lowest BCUT2D eigenvalue weighted by atomic mass is 10.3. The zero-order valence-electron chi connectivity index (χ0n) is 9.43. The number of Topliss-reactive ketones (excluding diaryl/α,β-unsaturated/α-hetero) is 1. The number of anilines is 1. The van der Waals surface area contributed by atoms with Gasteiger partial charge in [-0.25, -0.2) is 4.98 Å². The fourth-order valence-corrected chi connectivity index (χ4v) is 2.20. The minimum Gasteiger partial charge on any atom is -0.481 e. The van der Waals surface area contributed by atoms with Crippen LogP contribution in [-0.2, 0) is 0 Å². The molecule has 0 bridgehead atoms. The Labute approximate surface area is 102 Å². The van der Waals surface area contributed by atoms with Crippen LogP contribution in [0.4, 0.5) is 5.95 Å². The Hall–Kier alpha value is -1.95. The number of ether oxygens (including phenoxy) is 1. The lowest BCUT2D eigenvalue weighted by Gasteiger charge is -2.02. The molecule has 88 valence electrons. The van der Waals surface area contributed by atoms with E-state index in [1.165, 1.54) is 25.4 Å². The Balaban J connectivity index is 2.44. The van der Waals surface area contributed by atoms with Crippen LogP contribution in [0.3, 0.4) is 0 Å². The molecule has 2 aromatic rings. The number of nitrogens with zero attached hydrogens (tertiary/aromatic N) is 2. The highest BCUT2D eigenvalue weighted by molar-refractivity contribution is 7.17. The molecule has 0 radical (unpaired) electrons. The van der Waals surface area contributed by atoms with Crippen molar-refractivity contribution in [2.45, 2.75) is 6.92 Å². The summed E-state index contributed by atoms with van der Waals surface area (Å²) >= 11 is 1.37. The van der Waals surface area contributed by atoms with Gasteiger partial charge in [-0.15, -0.1) is 11.3 Å². The number of hydrogen-bond acceptors (Lipinski definition) is 6. The van der Waals surface area contributed by atoms with E-state index >= 15 is 0 Å². The Bertz CT molecular complexity index is 566. The summed E-state index contributed by atoms with van der Waals surface area (Å²) in [6.45, 7) is 1.53. The van der Waals surface area contributed by atoms with Crippen molar-refractivity contribution < 1.29 is 9.53 Å². The predicted molar refractivity (Wildman–Crippen MR) is 66.3 cm³/mol. The van der Waals surface area contributed by atoms with Crippen molar-refractivity contribution in [3.05, 3.63) is 23.1 Å². The molecule has 0 aliphatic rings. The van der Waals surface area contributed by atoms with Crippen LogP contribution in [0, 0.1) is 0 Å². The van der Waals surface area contributed by atoms with Crippen molar-refractivity contribution in [1.29, 1.82) is 0 Å². The maximum atomic E-state index is 11.2. The highest BCUT2D eigenvalue weighted by atomic mass is 32.1. The van der Waals surface area contributed by atoms with E-state index in [1.807, 2.05) is 6.07 Å². The van der Waals surface area contributed by atoms with Crippen molar-refractivity contribution in [3.8, 4) is 16.5 Å². The molecule has 0 aliphatic heterocycles. The summed E-state index contributed by atoms with van der Waals surface area (Å²) in [5.41, 5.74) is 6.23. The van der Waals surface area contributed by atoms with Gasteiger partial charge in [-0.2, -0.15) is 4.98 Å². The summed E-state index contributed by atoms with van der Waals surface area (Å²) < 4.78 is 5.02. The first-order valence-electron chi connectivity index (χ1n) is 4.90. The van der Waals surface area contributed by atoms with Gasteiger partial charge in [-0.3, -0.25) is 4.79 Å². The van der Waals surface area contributed by atoms with Gasteiger partial charge in [0.15, 0.2) is 5.78 Å². The number of aromatic nitrogens is 2. The second-order valence-electron chi connectivity index (χ2n) is 3.37. The summed E-state index contributed by atoms with van der Waals surface area (Å²) in [6, 6.07) is 5.29. The Kier molecular flexibility index (Phi) is 3.06. The second kappa shape index (κ2) is 4.50. The number of carbonyl (C=O) groups is 1. The molecule has 0 saturated carbocycles. The predicted octanol–water partition coefficient (Wildman–Crippen LogP) is 2.00. The average Bonchev–Trinajstić information content (AvgIpc) is 2.77. The summed E-state index contributed by atoms with van der Waals surface area (Å²) in [6.07, 6.45) is 0. The molecule has 0 amide bonds. The van der Waals surface area contributed by atoms with Gasteiger partial charge in [0.1, 0.15) is 0 Å². The number of ketones is 1. The molecule has 0 aliphatic carbocycles. The molecule has 5 nitrogen and oxygen atoms in total. The molecule has 2 aromatic heterocycles. The Morgan fingerprint density at radius 1 is 1.41 bits per heavy atom. The quantitative estimate of drug-likeness (QED) is 0.842. The third kappa shape index (κ3) is 2.42. The smallest absolute Gasteiger partial charge is 0.223 e. The minimum absolute atomic E-state index is 0.0373. The molecule has 2 N–H and O–H groups in total. The molecular weight excluding hydrogens is 238 g/mol. The number of methoxy groups -OCH3 is 1. The number of carbonyl (C=O) groups excluding carboxylic acids is 1. The topological polar surface area (TPSA) is 78.1 Å². The van der Waals surface area contributed by atoms with Crippen molar-refractivity contribution in [3.63, 3.8) is 0 Å². The van der Waals surface area contributed by atoms with Crippen molar-refractivity contribution in [2.75, 3.05) is 12.8 Å². The Morgan fingerprint density at radius 3 is 2.76 bits per heavy atom. The van der Waals surface area contributed by atoms with Gasteiger partial charge in [0, 0.05) is 6.07 Å². The minimum atomic E-state index is 0.0373. The van der Waals surface area contributed by atoms with Gasteiger partial charge in [-0.05, 0) is 19.1 Å². The van der Waals surface area contributed by atoms with E-state index in [-0.39, 0.29) is 11.7 Å². The molecule has 6 heteroatoms. The van der Waals surface area contributed by atoms with E-state index in [9.17, 15) is 4.79 Å². The monoisotopic (exact) mass is 249 g/mol. The van der Waals surface area contributed by atoms with Gasteiger partial charge in [0.05, 0.1) is 22.6 Å². The number of nitrogen functional groups attached to an aromatic ring is 1. The molecule has 0 saturated heterocycles. The van der Waals surface area contributed by atoms with Crippen LogP contribution in [0.5, 0.6) is 5.88 Å². The molecule has 0 atom stereocenters. The van der Waals surface area contributed by atoms with Gasteiger partial charge in [-0.1, -0.05) is 0 Å². The lowest BCUT2D eigenvalue weighted by molar-refractivity contribution is 0.102. The number of rotatable bonds is 3. The maximum Gasteiger partial charge on any atom is 0.223 e. The first-order chi connectivity index (χ1) is 8.10. The lowest BCUT2D eigenvalue weighted by Crippen LogP contribution is -1.98. The highest BCUT2D eigenvalue weighted by Crippen LogP contribution is 2.29. The van der Waals surface area contributed by atoms with Crippen LogP contribution in [0.15, 0.2) is 18.2 Å². The average molecular weight is 249 g/mol. The summed E-state index contributed by atoms with van der Waals surface area (Å²) in [7, 11) is 1.51. The first kappa shape index (κ1) is 11.5. The van der Waals surface area contributed by atoms with Crippen LogP contribution in [0.25, 0.3) is 10.6 Å². The number of nitrogens with two attached hydrogens (primary N) is 1. The van der Waals surface area contributed by atoms with E-state index in [0.717, 1.165) is 4.88 Å². The van der Waals surface area contributed by atoms with E-state index < -0.39 is 0 Å². The van der Waals surface area contributed by atoms with Crippen LogP contribution < -0.4 is 10.5 Å². The van der Waals surface area contributed by atoms with E-state index in [2.05, 4.69) is 9.97 Å². The van der Waals surface area contributed by atoms with E-state index in [4.69, 9.17) is 10.5 Å². The van der Waals surface area contributed by atoms with Crippen LogP contribution in [0.1, 0.15) is 16.6 Å². The van der Waals surface area contributed by atoms with Crippen molar-refractivity contribution in [1.82, 2.24) is 9.97 Å². The number of hydrogen-bond donors (Lipinski definition) is 1. The molecule has 0 fully saturated rings. The van der Waals surface area contributed by atoms with E-state index in [0.29, 0.717) is 16.5 Å². The fraction of sp³-hybridized carbons (Fsp3) is 0.182. The molecule has 0 aromatic carbocycles. The third-order valence-electron chi connectivity index (χ3n) is 2.13. The van der Waals surface area contributed by atoms with Gasteiger partial charge in [0.2, 0.25) is 11.8 Å². The molecule has 2 heterocycles. The maximum absolute atomic E-state index is 11.2. The SMILES string of the molecule is COc1cc(-c2ccc(C(C)=O)s2)nc(N)n1. The zero-order valence-corrected chi connectivity index (χ0v) is 10.2. The molecule has 0 spiro atoms. The van der Waals surface area contributed by atoms with Crippen molar-refractivity contribution in [2.24, 2.45) is 0 Å². The summed E-state index contributed by atoms with van der Waals surface area (Å²) in [5, 5.41) is 0. The standard InChI is InChI=1S/C11H11N3O2S/c1-6(15)8-3-4-9(17-8)7-5-10(16-2)14-11(12)13-7/h3-5H,1-2H3,(H2,12,13,14). The van der Waals surface area contributed by atoms with Crippen LogP contribution >= 0.6 is 11.3 Å². The third-order valence-corrected chi connectivity index (χ3v) is 3.34.